The third-order valence-corrected chi connectivity index (χ3v) is 4.17. The highest BCUT2D eigenvalue weighted by molar-refractivity contribution is 5.92. The Morgan fingerprint density at radius 2 is 2.33 bits per heavy atom. The Morgan fingerprint density at radius 1 is 1.46 bits per heavy atom. The third-order valence-electron chi connectivity index (χ3n) is 4.17. The van der Waals surface area contributed by atoms with Crippen LogP contribution in [0.1, 0.15) is 17.2 Å². The topological polar surface area (TPSA) is 57.3 Å². The number of pyridine rings is 1. The molecule has 2 heterocycles. The van der Waals surface area contributed by atoms with Crippen molar-refractivity contribution in [2.24, 2.45) is 0 Å². The van der Waals surface area contributed by atoms with E-state index in [4.69, 9.17) is 0 Å². The number of anilines is 1. The molecule has 1 unspecified atom stereocenters. The van der Waals surface area contributed by atoms with Gasteiger partial charge in [-0.3, -0.25) is 14.7 Å². The summed E-state index contributed by atoms with van der Waals surface area (Å²) in [6.07, 6.45) is 3.55. The largest absolute Gasteiger partial charge is 0.322 e. The van der Waals surface area contributed by atoms with E-state index in [0.29, 0.717) is 0 Å². The number of benzene rings is 1. The van der Waals surface area contributed by atoms with Gasteiger partial charge in [0.25, 0.3) is 0 Å². The number of amides is 1. The lowest BCUT2D eigenvalue weighted by atomic mass is 10.1. The monoisotopic (exact) mass is 328 g/mol. The Labute approximate surface area is 140 Å². The van der Waals surface area contributed by atoms with Gasteiger partial charge in [-0.25, -0.2) is 4.39 Å². The SMILES string of the molecule is Cc1ccc(NC(=O)CN2CCNCC2c2cccnc2)c(F)c1. The van der Waals surface area contributed by atoms with E-state index in [2.05, 4.69) is 20.5 Å². The van der Waals surface area contributed by atoms with E-state index in [9.17, 15) is 9.18 Å². The molecule has 24 heavy (non-hydrogen) atoms. The van der Waals surface area contributed by atoms with Crippen LogP contribution in [-0.4, -0.2) is 42.0 Å². The van der Waals surface area contributed by atoms with Crippen LogP contribution in [0.25, 0.3) is 0 Å². The lowest BCUT2D eigenvalue weighted by Gasteiger charge is -2.35. The van der Waals surface area contributed by atoms with Crippen molar-refractivity contribution < 1.29 is 9.18 Å². The maximum absolute atomic E-state index is 13.9. The van der Waals surface area contributed by atoms with Crippen LogP contribution in [0.2, 0.25) is 0 Å². The van der Waals surface area contributed by atoms with Crippen molar-refractivity contribution in [2.75, 3.05) is 31.5 Å². The molecule has 1 aliphatic rings. The first-order valence-corrected chi connectivity index (χ1v) is 8.04. The maximum Gasteiger partial charge on any atom is 0.238 e. The van der Waals surface area contributed by atoms with Gasteiger partial charge in [0.2, 0.25) is 5.91 Å². The number of hydrogen-bond donors (Lipinski definition) is 2. The minimum Gasteiger partial charge on any atom is -0.322 e. The van der Waals surface area contributed by atoms with Crippen LogP contribution in [0.15, 0.2) is 42.7 Å². The number of piperazine rings is 1. The molecule has 0 saturated carbocycles. The second-order valence-electron chi connectivity index (χ2n) is 6.01. The van der Waals surface area contributed by atoms with E-state index in [1.807, 2.05) is 25.3 Å². The van der Waals surface area contributed by atoms with Gasteiger partial charge in [-0.15, -0.1) is 0 Å². The summed E-state index contributed by atoms with van der Waals surface area (Å²) in [6.45, 7) is 4.37. The van der Waals surface area contributed by atoms with Crippen LogP contribution in [-0.2, 0) is 4.79 Å². The van der Waals surface area contributed by atoms with Gasteiger partial charge in [0.05, 0.1) is 12.2 Å². The highest BCUT2D eigenvalue weighted by Crippen LogP contribution is 2.21. The van der Waals surface area contributed by atoms with Crippen LogP contribution in [0.4, 0.5) is 10.1 Å². The first kappa shape index (κ1) is 16.5. The summed E-state index contributed by atoms with van der Waals surface area (Å²) in [5, 5.41) is 6.01. The minimum atomic E-state index is -0.410. The molecule has 0 bridgehead atoms. The number of nitrogens with zero attached hydrogens (tertiary/aromatic N) is 2. The van der Waals surface area contributed by atoms with E-state index < -0.39 is 5.82 Å². The van der Waals surface area contributed by atoms with Crippen molar-refractivity contribution in [1.82, 2.24) is 15.2 Å². The molecule has 1 atom stereocenters. The summed E-state index contributed by atoms with van der Waals surface area (Å²) in [7, 11) is 0. The quantitative estimate of drug-likeness (QED) is 0.903. The van der Waals surface area contributed by atoms with E-state index in [1.54, 1.807) is 18.3 Å². The van der Waals surface area contributed by atoms with Crippen LogP contribution >= 0.6 is 0 Å². The molecule has 2 N–H and O–H groups in total. The first-order chi connectivity index (χ1) is 11.6. The zero-order valence-electron chi connectivity index (χ0n) is 13.6. The second-order valence-corrected chi connectivity index (χ2v) is 6.01. The number of nitrogens with one attached hydrogen (secondary N) is 2. The Hall–Kier alpha value is -2.31. The molecule has 2 aromatic rings. The average molecular weight is 328 g/mol. The Kier molecular flexibility index (Phi) is 5.17. The summed E-state index contributed by atoms with van der Waals surface area (Å²) in [4.78, 5) is 18.6. The first-order valence-electron chi connectivity index (χ1n) is 8.04. The van der Waals surface area contributed by atoms with Crippen molar-refractivity contribution in [3.63, 3.8) is 0 Å². The molecule has 1 aromatic carbocycles. The van der Waals surface area contributed by atoms with Gasteiger partial charge in [-0.05, 0) is 36.2 Å². The number of aromatic nitrogens is 1. The third kappa shape index (κ3) is 3.96. The van der Waals surface area contributed by atoms with Gasteiger partial charge in [0.1, 0.15) is 5.82 Å². The minimum absolute atomic E-state index is 0.0843. The van der Waals surface area contributed by atoms with E-state index in [-0.39, 0.29) is 24.2 Å². The zero-order valence-corrected chi connectivity index (χ0v) is 13.6. The lowest BCUT2D eigenvalue weighted by Crippen LogP contribution is -2.48. The Bertz CT molecular complexity index is 707. The summed E-state index contributed by atoms with van der Waals surface area (Å²) in [5.41, 5.74) is 2.11. The van der Waals surface area contributed by atoms with Crippen LogP contribution < -0.4 is 10.6 Å². The fourth-order valence-electron chi connectivity index (χ4n) is 2.93. The smallest absolute Gasteiger partial charge is 0.238 e. The van der Waals surface area contributed by atoms with Gasteiger partial charge in [-0.2, -0.15) is 0 Å². The average Bonchev–Trinajstić information content (AvgIpc) is 2.59. The molecule has 6 heteroatoms. The van der Waals surface area contributed by atoms with Crippen LogP contribution in [0.5, 0.6) is 0 Å². The fourth-order valence-corrected chi connectivity index (χ4v) is 2.93. The molecule has 1 aromatic heterocycles. The van der Waals surface area contributed by atoms with Crippen LogP contribution in [0, 0.1) is 12.7 Å². The van der Waals surface area contributed by atoms with Crippen molar-refractivity contribution in [3.8, 4) is 0 Å². The van der Waals surface area contributed by atoms with E-state index >= 15 is 0 Å². The van der Waals surface area contributed by atoms with Crippen LogP contribution in [0.3, 0.4) is 0 Å². The molecule has 1 amide bonds. The highest BCUT2D eigenvalue weighted by Gasteiger charge is 2.25. The number of aryl methyl sites for hydroxylation is 1. The molecular weight excluding hydrogens is 307 g/mol. The molecule has 1 aliphatic heterocycles. The predicted octanol–water partition coefficient (Wildman–Crippen LogP) is 2.11. The molecular formula is C18H21FN4O. The molecule has 0 aliphatic carbocycles. The van der Waals surface area contributed by atoms with Gasteiger partial charge in [0.15, 0.2) is 0 Å². The van der Waals surface area contributed by atoms with Gasteiger partial charge < -0.3 is 10.6 Å². The fraction of sp³-hybridized carbons (Fsp3) is 0.333. The highest BCUT2D eigenvalue weighted by atomic mass is 19.1. The Morgan fingerprint density at radius 3 is 3.08 bits per heavy atom. The summed E-state index contributed by atoms with van der Waals surface area (Å²) < 4.78 is 13.9. The molecule has 0 radical (unpaired) electrons. The molecule has 1 fully saturated rings. The van der Waals surface area contributed by atoms with Crippen molar-refractivity contribution >= 4 is 11.6 Å². The summed E-state index contributed by atoms with van der Waals surface area (Å²) >= 11 is 0. The number of hydrogen-bond acceptors (Lipinski definition) is 4. The zero-order chi connectivity index (χ0) is 16.9. The van der Waals surface area contributed by atoms with Crippen molar-refractivity contribution in [1.29, 1.82) is 0 Å². The number of halogens is 1. The number of carbonyl (C=O) groups excluding carboxylic acids is 1. The van der Waals surface area contributed by atoms with Crippen molar-refractivity contribution in [2.45, 2.75) is 13.0 Å². The summed E-state index contributed by atoms with van der Waals surface area (Å²) in [5.74, 6) is -0.624. The lowest BCUT2D eigenvalue weighted by molar-refractivity contribution is -0.118. The van der Waals surface area contributed by atoms with Gasteiger partial charge >= 0.3 is 0 Å². The van der Waals surface area contributed by atoms with Gasteiger partial charge in [-0.1, -0.05) is 12.1 Å². The molecule has 0 spiro atoms. The Balaban J connectivity index is 1.67. The normalized spacial score (nSPS) is 18.3. The summed E-state index contributed by atoms with van der Waals surface area (Å²) in [6, 6.07) is 8.78. The van der Waals surface area contributed by atoms with E-state index in [0.717, 1.165) is 30.8 Å². The van der Waals surface area contributed by atoms with E-state index in [1.165, 1.54) is 6.07 Å². The van der Waals surface area contributed by atoms with Gasteiger partial charge in [0, 0.05) is 38.1 Å². The van der Waals surface area contributed by atoms with Crippen molar-refractivity contribution in [3.05, 3.63) is 59.7 Å². The predicted molar refractivity (Wildman–Crippen MR) is 91.2 cm³/mol. The molecule has 3 rings (SSSR count). The molecule has 1 saturated heterocycles. The second kappa shape index (κ2) is 7.51. The number of carbonyl (C=O) groups is 1. The molecule has 5 nitrogen and oxygen atoms in total. The standard InChI is InChI=1S/C18H21FN4O/c1-13-4-5-16(15(19)9-13)22-18(24)12-23-8-7-21-11-17(23)14-3-2-6-20-10-14/h2-6,9-10,17,21H,7-8,11-12H2,1H3,(H,22,24). The molecule has 126 valence electrons. The maximum atomic E-state index is 13.9. The number of rotatable bonds is 4.